The van der Waals surface area contributed by atoms with E-state index in [0.717, 1.165) is 25.7 Å². The fourth-order valence-electron chi connectivity index (χ4n) is 3.60. The second-order valence-corrected chi connectivity index (χ2v) is 7.04. The van der Waals surface area contributed by atoms with Crippen LogP contribution in [0.4, 0.5) is 0 Å². The molecule has 0 unspecified atom stereocenters. The number of hydrogen-bond donors (Lipinski definition) is 1. The normalized spacial score (nSPS) is 18.5. The molecule has 1 saturated heterocycles. The summed E-state index contributed by atoms with van der Waals surface area (Å²) in [4.78, 5) is 44.1. The molecule has 26 heavy (non-hydrogen) atoms. The number of nitrogens with one attached hydrogen (secondary N) is 1. The topological polar surface area (TPSA) is 82.6 Å². The largest absolute Gasteiger partial charge is 0.348 e. The Morgan fingerprint density at radius 3 is 2.35 bits per heavy atom. The van der Waals surface area contributed by atoms with Gasteiger partial charge in [-0.15, -0.1) is 0 Å². The number of amides is 3. The van der Waals surface area contributed by atoms with E-state index in [1.165, 1.54) is 19.5 Å². The van der Waals surface area contributed by atoms with E-state index < -0.39 is 0 Å². The van der Waals surface area contributed by atoms with Gasteiger partial charge in [0.1, 0.15) is 5.69 Å². The third-order valence-electron chi connectivity index (χ3n) is 5.19. The molecule has 7 nitrogen and oxygen atoms in total. The molecule has 0 bridgehead atoms. The number of pyridine rings is 1. The Balaban J connectivity index is 1.62. The van der Waals surface area contributed by atoms with Crippen LogP contribution < -0.4 is 5.32 Å². The minimum atomic E-state index is -0.215. The smallest absolute Gasteiger partial charge is 0.270 e. The highest BCUT2D eigenvalue weighted by Crippen LogP contribution is 2.18. The summed E-state index contributed by atoms with van der Waals surface area (Å²) in [6.45, 7) is 3.63. The van der Waals surface area contributed by atoms with Crippen LogP contribution in [0.5, 0.6) is 0 Å². The summed E-state index contributed by atoms with van der Waals surface area (Å²) in [6.07, 6.45) is 7.03. The Hall–Kier alpha value is -2.44. The number of carbonyl (C=O) groups excluding carboxylic acids is 3. The summed E-state index contributed by atoms with van der Waals surface area (Å²) in [5.74, 6) is -0.307. The van der Waals surface area contributed by atoms with Gasteiger partial charge in [-0.05, 0) is 25.0 Å². The van der Waals surface area contributed by atoms with Crippen LogP contribution in [-0.2, 0) is 4.79 Å². The number of carbonyl (C=O) groups is 3. The zero-order chi connectivity index (χ0) is 18.5. The van der Waals surface area contributed by atoms with Gasteiger partial charge in [-0.1, -0.05) is 19.3 Å². The van der Waals surface area contributed by atoms with Gasteiger partial charge in [-0.25, -0.2) is 0 Å². The molecule has 0 aromatic carbocycles. The van der Waals surface area contributed by atoms with Crippen molar-refractivity contribution in [1.29, 1.82) is 0 Å². The lowest BCUT2D eigenvalue weighted by molar-refractivity contribution is -0.130. The molecule has 3 rings (SSSR count). The summed E-state index contributed by atoms with van der Waals surface area (Å²) in [5.41, 5.74) is 0.744. The van der Waals surface area contributed by atoms with Crippen molar-refractivity contribution in [3.05, 3.63) is 29.6 Å². The molecule has 0 spiro atoms. The molecule has 1 N–H and O–H groups in total. The van der Waals surface area contributed by atoms with Crippen LogP contribution in [0, 0.1) is 0 Å². The number of hydrogen-bond acceptors (Lipinski definition) is 4. The van der Waals surface area contributed by atoms with Crippen molar-refractivity contribution in [2.75, 3.05) is 26.2 Å². The highest BCUT2D eigenvalue weighted by molar-refractivity contribution is 5.98. The lowest BCUT2D eigenvalue weighted by Crippen LogP contribution is -2.50. The molecule has 1 saturated carbocycles. The molecule has 1 aromatic heterocycles. The zero-order valence-electron chi connectivity index (χ0n) is 15.2. The van der Waals surface area contributed by atoms with Crippen molar-refractivity contribution in [2.45, 2.75) is 45.1 Å². The molecule has 3 amide bonds. The zero-order valence-corrected chi connectivity index (χ0v) is 15.2. The molecule has 140 valence electrons. The standard InChI is InChI=1S/C19H26N4O3/c1-14(24)22-9-11-23(12-10-22)19(26)15-7-8-20-17(13-15)18(25)21-16-5-3-2-4-6-16/h7-8,13,16H,2-6,9-12H2,1H3,(H,21,25). The van der Waals surface area contributed by atoms with Gasteiger partial charge in [0.05, 0.1) is 0 Å². The summed E-state index contributed by atoms with van der Waals surface area (Å²) in [5, 5.41) is 3.03. The molecule has 1 aliphatic heterocycles. The molecule has 2 aliphatic rings. The van der Waals surface area contributed by atoms with E-state index in [1.54, 1.807) is 21.9 Å². The minimum absolute atomic E-state index is 0.0303. The average Bonchev–Trinajstić information content (AvgIpc) is 2.68. The molecular weight excluding hydrogens is 332 g/mol. The van der Waals surface area contributed by atoms with Crippen molar-refractivity contribution in [3.63, 3.8) is 0 Å². The first-order valence-corrected chi connectivity index (χ1v) is 9.36. The number of nitrogens with zero attached hydrogens (tertiary/aromatic N) is 3. The van der Waals surface area contributed by atoms with Gasteiger partial charge in [0.2, 0.25) is 5.91 Å². The Bertz CT molecular complexity index is 677. The predicted molar refractivity (Wildman–Crippen MR) is 96.7 cm³/mol. The van der Waals surface area contributed by atoms with Crippen LogP contribution in [0.15, 0.2) is 18.3 Å². The monoisotopic (exact) mass is 358 g/mol. The lowest BCUT2D eigenvalue weighted by atomic mass is 9.95. The first kappa shape index (κ1) is 18.4. The van der Waals surface area contributed by atoms with E-state index in [4.69, 9.17) is 0 Å². The first-order valence-electron chi connectivity index (χ1n) is 9.36. The van der Waals surface area contributed by atoms with Gasteiger partial charge in [0, 0.05) is 50.9 Å². The van der Waals surface area contributed by atoms with Crippen molar-refractivity contribution in [3.8, 4) is 0 Å². The second kappa shape index (κ2) is 8.29. The number of rotatable bonds is 3. The molecule has 7 heteroatoms. The summed E-state index contributed by atoms with van der Waals surface area (Å²) < 4.78 is 0. The van der Waals surface area contributed by atoms with Crippen LogP contribution in [0.25, 0.3) is 0 Å². The third kappa shape index (κ3) is 4.39. The Morgan fingerprint density at radius 1 is 1.04 bits per heavy atom. The van der Waals surface area contributed by atoms with Crippen LogP contribution in [0.2, 0.25) is 0 Å². The summed E-state index contributed by atoms with van der Waals surface area (Å²) in [6, 6.07) is 3.41. The highest BCUT2D eigenvalue weighted by Gasteiger charge is 2.24. The van der Waals surface area contributed by atoms with Crippen LogP contribution in [0.3, 0.4) is 0 Å². The van der Waals surface area contributed by atoms with Gasteiger partial charge in [-0.2, -0.15) is 0 Å². The van der Waals surface area contributed by atoms with Crippen molar-refractivity contribution < 1.29 is 14.4 Å². The van der Waals surface area contributed by atoms with E-state index in [0.29, 0.717) is 31.7 Å². The van der Waals surface area contributed by atoms with Gasteiger partial charge in [0.25, 0.3) is 11.8 Å². The van der Waals surface area contributed by atoms with E-state index in [-0.39, 0.29) is 29.5 Å². The maximum Gasteiger partial charge on any atom is 0.270 e. The van der Waals surface area contributed by atoms with Gasteiger partial charge >= 0.3 is 0 Å². The van der Waals surface area contributed by atoms with Crippen LogP contribution >= 0.6 is 0 Å². The van der Waals surface area contributed by atoms with E-state index in [9.17, 15) is 14.4 Å². The van der Waals surface area contributed by atoms with Crippen LogP contribution in [0.1, 0.15) is 59.9 Å². The maximum absolute atomic E-state index is 12.7. The molecular formula is C19H26N4O3. The van der Waals surface area contributed by atoms with Gasteiger partial charge < -0.3 is 15.1 Å². The van der Waals surface area contributed by atoms with E-state index in [1.807, 2.05) is 0 Å². The lowest BCUT2D eigenvalue weighted by Gasteiger charge is -2.34. The molecule has 0 radical (unpaired) electrons. The number of piperazine rings is 1. The molecule has 1 aliphatic carbocycles. The van der Waals surface area contributed by atoms with E-state index in [2.05, 4.69) is 10.3 Å². The maximum atomic E-state index is 12.7. The SMILES string of the molecule is CC(=O)N1CCN(C(=O)c2ccnc(C(=O)NC3CCCCC3)c2)CC1. The quantitative estimate of drug-likeness (QED) is 0.886. The van der Waals surface area contributed by atoms with Crippen molar-refractivity contribution in [2.24, 2.45) is 0 Å². The summed E-state index contributed by atoms with van der Waals surface area (Å²) >= 11 is 0. The Labute approximate surface area is 153 Å². The molecule has 1 aromatic rings. The van der Waals surface area contributed by atoms with E-state index >= 15 is 0 Å². The van der Waals surface area contributed by atoms with Crippen molar-refractivity contribution in [1.82, 2.24) is 20.1 Å². The third-order valence-corrected chi connectivity index (χ3v) is 5.19. The minimum Gasteiger partial charge on any atom is -0.348 e. The molecule has 2 heterocycles. The van der Waals surface area contributed by atoms with Crippen LogP contribution in [-0.4, -0.2) is 64.7 Å². The molecule has 0 atom stereocenters. The second-order valence-electron chi connectivity index (χ2n) is 7.04. The summed E-state index contributed by atoms with van der Waals surface area (Å²) in [7, 11) is 0. The van der Waals surface area contributed by atoms with Gasteiger partial charge in [0.15, 0.2) is 0 Å². The Kier molecular flexibility index (Phi) is 5.85. The highest BCUT2D eigenvalue weighted by atomic mass is 16.2. The van der Waals surface area contributed by atoms with Gasteiger partial charge in [-0.3, -0.25) is 19.4 Å². The molecule has 2 fully saturated rings. The number of aromatic nitrogens is 1. The fraction of sp³-hybridized carbons (Fsp3) is 0.579. The average molecular weight is 358 g/mol. The predicted octanol–water partition coefficient (Wildman–Crippen LogP) is 1.45. The van der Waals surface area contributed by atoms with Crippen molar-refractivity contribution >= 4 is 17.7 Å². The fourth-order valence-corrected chi connectivity index (χ4v) is 3.60. The Morgan fingerprint density at radius 2 is 1.69 bits per heavy atom. The first-order chi connectivity index (χ1) is 12.5.